The van der Waals surface area contributed by atoms with Gasteiger partial charge in [-0.1, -0.05) is 116 Å². The SMILES string of the molecule is CCCCCCCCCCCCCCCCCCCCOC(=O)CCC(=O)OC(C)c1c(F)c(F)c(F)c(F)c1F. The fourth-order valence-corrected chi connectivity index (χ4v) is 4.76. The van der Waals surface area contributed by atoms with E-state index < -0.39 is 59.1 Å². The highest BCUT2D eigenvalue weighted by atomic mass is 19.2. The Labute approximate surface area is 242 Å². The van der Waals surface area contributed by atoms with E-state index in [1.807, 2.05) is 0 Å². The third kappa shape index (κ3) is 15.6. The summed E-state index contributed by atoms with van der Waals surface area (Å²) in [4.78, 5) is 23.7. The molecule has 1 unspecified atom stereocenters. The summed E-state index contributed by atoms with van der Waals surface area (Å²) in [5, 5.41) is 0. The molecule has 0 aliphatic carbocycles. The molecule has 0 radical (unpaired) electrons. The Morgan fingerprint density at radius 1 is 0.537 bits per heavy atom. The number of unbranched alkanes of at least 4 members (excludes halogenated alkanes) is 17. The summed E-state index contributed by atoms with van der Waals surface area (Å²) in [5.41, 5.74) is -1.24. The summed E-state index contributed by atoms with van der Waals surface area (Å²) < 4.78 is 77.4. The smallest absolute Gasteiger partial charge is 0.306 e. The number of ether oxygens (including phenoxy) is 2. The summed E-state index contributed by atoms with van der Waals surface area (Å²) in [6, 6.07) is 0. The minimum Gasteiger partial charge on any atom is -0.466 e. The first-order valence-corrected chi connectivity index (χ1v) is 15.6. The second-order valence-corrected chi connectivity index (χ2v) is 10.8. The highest BCUT2D eigenvalue weighted by molar-refractivity contribution is 5.77. The molecular weight excluding hydrogens is 543 g/mol. The van der Waals surface area contributed by atoms with Crippen LogP contribution in [0.5, 0.6) is 0 Å². The van der Waals surface area contributed by atoms with Gasteiger partial charge in [-0.15, -0.1) is 0 Å². The lowest BCUT2D eigenvalue weighted by Gasteiger charge is -2.16. The fraction of sp³-hybridized carbons (Fsp3) is 0.750. The van der Waals surface area contributed by atoms with Gasteiger partial charge in [0.2, 0.25) is 5.82 Å². The van der Waals surface area contributed by atoms with Crippen molar-refractivity contribution in [3.63, 3.8) is 0 Å². The molecule has 236 valence electrons. The molecule has 41 heavy (non-hydrogen) atoms. The number of hydrogen-bond donors (Lipinski definition) is 0. The Morgan fingerprint density at radius 3 is 1.29 bits per heavy atom. The van der Waals surface area contributed by atoms with E-state index in [1.165, 1.54) is 89.9 Å². The van der Waals surface area contributed by atoms with Crippen molar-refractivity contribution >= 4 is 11.9 Å². The van der Waals surface area contributed by atoms with Crippen LogP contribution < -0.4 is 0 Å². The minimum absolute atomic E-state index is 0.230. The molecule has 0 aliphatic heterocycles. The van der Waals surface area contributed by atoms with E-state index in [4.69, 9.17) is 9.47 Å². The maximum atomic E-state index is 13.8. The zero-order chi connectivity index (χ0) is 30.5. The van der Waals surface area contributed by atoms with E-state index in [9.17, 15) is 31.5 Å². The van der Waals surface area contributed by atoms with Gasteiger partial charge in [-0.25, -0.2) is 22.0 Å². The van der Waals surface area contributed by atoms with Crippen molar-refractivity contribution in [1.29, 1.82) is 0 Å². The number of benzene rings is 1. The molecule has 1 aromatic carbocycles. The van der Waals surface area contributed by atoms with Gasteiger partial charge in [0, 0.05) is 0 Å². The molecule has 0 spiro atoms. The van der Waals surface area contributed by atoms with Crippen molar-refractivity contribution in [2.45, 2.75) is 148 Å². The molecule has 1 aromatic rings. The van der Waals surface area contributed by atoms with E-state index in [1.54, 1.807) is 0 Å². The number of rotatable bonds is 24. The zero-order valence-electron chi connectivity index (χ0n) is 24.9. The van der Waals surface area contributed by atoms with Gasteiger partial charge in [-0.2, -0.15) is 0 Å². The Balaban J connectivity index is 1.99. The van der Waals surface area contributed by atoms with Crippen molar-refractivity contribution in [2.75, 3.05) is 6.61 Å². The fourth-order valence-electron chi connectivity index (χ4n) is 4.76. The average molecular weight is 593 g/mol. The zero-order valence-corrected chi connectivity index (χ0v) is 24.9. The number of carbonyl (C=O) groups is 2. The molecule has 0 aromatic heterocycles. The van der Waals surface area contributed by atoms with Crippen LogP contribution in [0.3, 0.4) is 0 Å². The molecule has 0 fully saturated rings. The quantitative estimate of drug-likeness (QED) is 0.0394. The molecule has 0 N–H and O–H groups in total. The van der Waals surface area contributed by atoms with E-state index in [0.717, 1.165) is 26.2 Å². The molecule has 1 atom stereocenters. The predicted molar refractivity (Wildman–Crippen MR) is 150 cm³/mol. The molecule has 0 aliphatic rings. The van der Waals surface area contributed by atoms with Gasteiger partial charge in [0.1, 0.15) is 6.10 Å². The maximum absolute atomic E-state index is 13.8. The molecule has 9 heteroatoms. The maximum Gasteiger partial charge on any atom is 0.306 e. The molecular formula is C32H49F5O4. The van der Waals surface area contributed by atoms with Crippen molar-refractivity contribution in [2.24, 2.45) is 0 Å². The molecule has 0 saturated heterocycles. The largest absolute Gasteiger partial charge is 0.466 e. The molecule has 0 bridgehead atoms. The van der Waals surface area contributed by atoms with Gasteiger partial charge in [0.25, 0.3) is 0 Å². The standard InChI is InChI=1S/C32H49F5O4/c1-3-4-5-6-7-8-9-10-11-12-13-14-15-16-17-18-19-20-23-40-25(38)21-22-26(39)41-24(2)27-28(33)30(35)32(37)31(36)29(27)34/h24H,3-23H2,1-2H3. The number of carbonyl (C=O) groups excluding carboxylic acids is 2. The van der Waals surface area contributed by atoms with Crippen LogP contribution in [-0.4, -0.2) is 18.5 Å². The van der Waals surface area contributed by atoms with Gasteiger partial charge in [-0.05, 0) is 13.3 Å². The first-order valence-electron chi connectivity index (χ1n) is 15.6. The lowest BCUT2D eigenvalue weighted by atomic mass is 10.0. The first kappa shape index (κ1) is 36.8. The predicted octanol–water partition coefficient (Wildman–Crippen LogP) is 10.4. The third-order valence-corrected chi connectivity index (χ3v) is 7.25. The molecule has 4 nitrogen and oxygen atoms in total. The van der Waals surface area contributed by atoms with Crippen LogP contribution in [0.15, 0.2) is 0 Å². The van der Waals surface area contributed by atoms with Gasteiger partial charge in [-0.3, -0.25) is 9.59 Å². The highest BCUT2D eigenvalue weighted by Gasteiger charge is 2.30. The van der Waals surface area contributed by atoms with Gasteiger partial charge in [0.15, 0.2) is 23.3 Å². The summed E-state index contributed by atoms with van der Waals surface area (Å²) in [5.74, 6) is -12.3. The van der Waals surface area contributed by atoms with Crippen LogP contribution in [-0.2, 0) is 19.1 Å². The normalized spacial score (nSPS) is 12.0. The number of halogens is 5. The van der Waals surface area contributed by atoms with E-state index in [-0.39, 0.29) is 13.0 Å². The van der Waals surface area contributed by atoms with Crippen LogP contribution in [0, 0.1) is 29.1 Å². The average Bonchev–Trinajstić information content (AvgIpc) is 2.95. The van der Waals surface area contributed by atoms with E-state index >= 15 is 0 Å². The van der Waals surface area contributed by atoms with Gasteiger partial charge >= 0.3 is 11.9 Å². The lowest BCUT2D eigenvalue weighted by Crippen LogP contribution is -2.16. The Kier molecular flexibility index (Phi) is 20.1. The van der Waals surface area contributed by atoms with E-state index in [2.05, 4.69) is 6.92 Å². The molecule has 1 rings (SSSR count). The Hall–Kier alpha value is -2.19. The monoisotopic (exact) mass is 592 g/mol. The van der Waals surface area contributed by atoms with Crippen molar-refractivity contribution < 1.29 is 41.0 Å². The second-order valence-electron chi connectivity index (χ2n) is 10.8. The topological polar surface area (TPSA) is 52.6 Å². The first-order chi connectivity index (χ1) is 19.7. The number of esters is 2. The van der Waals surface area contributed by atoms with Crippen molar-refractivity contribution in [3.05, 3.63) is 34.6 Å². The Bertz CT molecular complexity index is 864. The lowest BCUT2D eigenvalue weighted by molar-refractivity contribution is -0.153. The number of hydrogen-bond acceptors (Lipinski definition) is 4. The van der Waals surface area contributed by atoms with Gasteiger partial charge in [0.05, 0.1) is 25.0 Å². The highest BCUT2D eigenvalue weighted by Crippen LogP contribution is 2.29. The van der Waals surface area contributed by atoms with E-state index in [0.29, 0.717) is 6.42 Å². The second kappa shape index (κ2) is 22.4. The summed E-state index contributed by atoms with van der Waals surface area (Å²) in [6.07, 6.45) is 20.1. The molecule has 0 heterocycles. The third-order valence-electron chi connectivity index (χ3n) is 7.25. The van der Waals surface area contributed by atoms with Crippen LogP contribution in [0.25, 0.3) is 0 Å². The van der Waals surface area contributed by atoms with Crippen LogP contribution in [0.2, 0.25) is 0 Å². The van der Waals surface area contributed by atoms with Crippen LogP contribution in [0.1, 0.15) is 154 Å². The summed E-state index contributed by atoms with van der Waals surface area (Å²) in [6.45, 7) is 3.46. The van der Waals surface area contributed by atoms with Crippen LogP contribution >= 0.6 is 0 Å². The summed E-state index contributed by atoms with van der Waals surface area (Å²) >= 11 is 0. The minimum atomic E-state index is -2.29. The van der Waals surface area contributed by atoms with Crippen molar-refractivity contribution in [1.82, 2.24) is 0 Å². The van der Waals surface area contributed by atoms with Gasteiger partial charge < -0.3 is 9.47 Å². The molecule has 0 saturated carbocycles. The van der Waals surface area contributed by atoms with Crippen molar-refractivity contribution in [3.8, 4) is 0 Å². The molecule has 0 amide bonds. The van der Waals surface area contributed by atoms with Crippen LogP contribution in [0.4, 0.5) is 22.0 Å². The Morgan fingerprint density at radius 2 is 0.878 bits per heavy atom. The summed E-state index contributed by atoms with van der Waals surface area (Å²) in [7, 11) is 0.